The predicted octanol–water partition coefficient (Wildman–Crippen LogP) is 1.56. The summed E-state index contributed by atoms with van der Waals surface area (Å²) in [5.41, 5.74) is 4.58. The molecule has 2 saturated heterocycles. The molecule has 3 rings (SSSR count). The van der Waals surface area contributed by atoms with E-state index in [2.05, 4.69) is 29.5 Å². The van der Waals surface area contributed by atoms with Crippen molar-refractivity contribution in [3.63, 3.8) is 0 Å². The summed E-state index contributed by atoms with van der Waals surface area (Å²) in [6.45, 7) is 10.8. The largest absolute Gasteiger partial charge is 0.391 e. The van der Waals surface area contributed by atoms with Gasteiger partial charge in [0.05, 0.1) is 6.10 Å². The normalized spacial score (nSPS) is 19.5. The van der Waals surface area contributed by atoms with Crippen molar-refractivity contribution in [1.82, 2.24) is 15.6 Å². The van der Waals surface area contributed by atoms with E-state index in [0.717, 1.165) is 24.0 Å². The summed E-state index contributed by atoms with van der Waals surface area (Å²) in [5, 5.41) is 12.1. The average molecular weight is 461 g/mol. The number of carbonyl (C=O) groups is 2. The molecule has 0 aliphatic carbocycles. The third kappa shape index (κ3) is 9.14. The minimum atomic E-state index is -0.397. The maximum atomic E-state index is 12.5. The van der Waals surface area contributed by atoms with E-state index in [1.807, 2.05) is 45.0 Å². The molecule has 2 atom stereocenters. The van der Waals surface area contributed by atoms with Gasteiger partial charge in [-0.1, -0.05) is 38.8 Å². The number of hydrazine groups is 1. The highest BCUT2D eigenvalue weighted by molar-refractivity contribution is 5.83. The van der Waals surface area contributed by atoms with E-state index in [0.29, 0.717) is 45.7 Å². The number of nitrogens with one attached hydrogen (secondary N) is 2. The zero-order valence-corrected chi connectivity index (χ0v) is 20.4. The summed E-state index contributed by atoms with van der Waals surface area (Å²) >= 11 is 0. The number of carbonyl (C=O) groups excluding carboxylic acids is 2. The van der Waals surface area contributed by atoms with Gasteiger partial charge in [0.15, 0.2) is 0 Å². The lowest BCUT2D eigenvalue weighted by molar-refractivity contribution is -0.138. The second-order valence-corrected chi connectivity index (χ2v) is 8.16. The van der Waals surface area contributed by atoms with Gasteiger partial charge in [-0.2, -0.15) is 0 Å². The quantitative estimate of drug-likeness (QED) is 0.222. The summed E-state index contributed by atoms with van der Waals surface area (Å²) in [6, 6.07) is 7.40. The Hall–Kier alpha value is -2.44. The standard InChI is InChI=1S/C12H23N3O3.C11H11NO.C2H6/c1-12(3-6-18-7-4-12)10(14-13)11(17)15-5-2-9(16)8-15;1-2-3-10-4-6-11(7-5-10)8-12-9-13;1-2/h9-10,14,16H,2-8,13H2,1H3;4-7,9H,8H2,1H3,(H,12,13);1-2H3. The smallest absolute Gasteiger partial charge is 0.241 e. The zero-order valence-electron chi connectivity index (χ0n) is 20.4. The van der Waals surface area contributed by atoms with Gasteiger partial charge in [-0.25, -0.2) is 5.43 Å². The number of amides is 2. The number of benzene rings is 1. The molecule has 0 spiro atoms. The van der Waals surface area contributed by atoms with Crippen molar-refractivity contribution in [1.29, 1.82) is 0 Å². The van der Waals surface area contributed by atoms with E-state index in [1.165, 1.54) is 0 Å². The molecule has 1 aromatic carbocycles. The Morgan fingerprint density at radius 2 is 1.97 bits per heavy atom. The SMILES string of the molecule is CC.CC#Cc1ccc(CNC=O)cc1.CC1(C(NN)C(=O)N2CCC(O)C2)CCOCC1. The fourth-order valence-electron chi connectivity index (χ4n) is 3.83. The van der Waals surface area contributed by atoms with Gasteiger partial charge >= 0.3 is 0 Å². The Kier molecular flexibility index (Phi) is 13.3. The minimum Gasteiger partial charge on any atom is -0.391 e. The van der Waals surface area contributed by atoms with E-state index in [9.17, 15) is 14.7 Å². The van der Waals surface area contributed by atoms with Crippen LogP contribution in [0.1, 0.15) is 58.1 Å². The second kappa shape index (κ2) is 15.4. The van der Waals surface area contributed by atoms with E-state index in [4.69, 9.17) is 10.6 Å². The van der Waals surface area contributed by atoms with Gasteiger partial charge in [0.2, 0.25) is 12.3 Å². The van der Waals surface area contributed by atoms with E-state index < -0.39 is 12.1 Å². The minimum absolute atomic E-state index is 0.00144. The fourth-order valence-corrected chi connectivity index (χ4v) is 3.83. The molecule has 2 heterocycles. The summed E-state index contributed by atoms with van der Waals surface area (Å²) in [4.78, 5) is 24.2. The lowest BCUT2D eigenvalue weighted by atomic mass is 9.75. The van der Waals surface area contributed by atoms with Crippen molar-refractivity contribution in [2.75, 3.05) is 26.3 Å². The highest BCUT2D eigenvalue weighted by atomic mass is 16.5. The lowest BCUT2D eigenvalue weighted by Crippen LogP contribution is -2.58. The van der Waals surface area contributed by atoms with E-state index in [-0.39, 0.29) is 11.3 Å². The van der Waals surface area contributed by atoms with Gasteiger partial charge in [-0.15, -0.1) is 5.92 Å². The van der Waals surface area contributed by atoms with Crippen LogP contribution in [0.3, 0.4) is 0 Å². The van der Waals surface area contributed by atoms with Crippen molar-refractivity contribution < 1.29 is 19.4 Å². The van der Waals surface area contributed by atoms with Crippen LogP contribution >= 0.6 is 0 Å². The first kappa shape index (κ1) is 28.6. The number of ether oxygens (including phenoxy) is 1. The number of rotatable bonds is 6. The third-order valence-corrected chi connectivity index (χ3v) is 5.83. The molecule has 33 heavy (non-hydrogen) atoms. The molecule has 2 fully saturated rings. The van der Waals surface area contributed by atoms with Crippen LogP contribution < -0.4 is 16.6 Å². The summed E-state index contributed by atoms with van der Waals surface area (Å²) in [7, 11) is 0. The first-order chi connectivity index (χ1) is 15.9. The van der Waals surface area contributed by atoms with Crippen molar-refractivity contribution in [3.8, 4) is 11.8 Å². The summed E-state index contributed by atoms with van der Waals surface area (Å²) in [6.07, 6.45) is 2.60. The van der Waals surface area contributed by atoms with Crippen molar-refractivity contribution >= 4 is 12.3 Å². The number of likely N-dealkylation sites (tertiary alicyclic amines) is 1. The van der Waals surface area contributed by atoms with Crippen LogP contribution in [0.4, 0.5) is 0 Å². The number of β-amino-alcohol motifs (C(OH)–C–C–N with tert-alkyl or cyclic N) is 1. The first-order valence-corrected chi connectivity index (χ1v) is 11.6. The van der Waals surface area contributed by atoms with Crippen molar-refractivity contribution in [3.05, 3.63) is 35.4 Å². The molecule has 2 aliphatic rings. The Labute approximate surface area is 198 Å². The molecule has 0 saturated carbocycles. The fraction of sp³-hybridized carbons (Fsp3) is 0.600. The molecule has 8 nitrogen and oxygen atoms in total. The molecule has 2 unspecified atom stereocenters. The van der Waals surface area contributed by atoms with Gasteiger partial charge in [-0.05, 0) is 49.3 Å². The third-order valence-electron chi connectivity index (χ3n) is 5.83. The molecule has 0 aromatic heterocycles. The molecule has 8 heteroatoms. The molecule has 1 aromatic rings. The van der Waals surface area contributed by atoms with Gasteiger partial charge < -0.3 is 20.1 Å². The molecular weight excluding hydrogens is 420 g/mol. The number of aliphatic hydroxyl groups excluding tert-OH is 1. The Morgan fingerprint density at radius 3 is 2.45 bits per heavy atom. The highest BCUT2D eigenvalue weighted by Crippen LogP contribution is 2.34. The van der Waals surface area contributed by atoms with Crippen LogP contribution in [0, 0.1) is 17.3 Å². The van der Waals surface area contributed by atoms with Crippen molar-refractivity contribution in [2.45, 2.75) is 65.6 Å². The van der Waals surface area contributed by atoms with Crippen LogP contribution in [0.25, 0.3) is 0 Å². The van der Waals surface area contributed by atoms with Gasteiger partial charge in [0, 0.05) is 38.4 Å². The molecular formula is C25H40N4O4. The van der Waals surface area contributed by atoms with Crippen LogP contribution in [-0.4, -0.2) is 60.8 Å². The second-order valence-electron chi connectivity index (χ2n) is 8.16. The topological polar surface area (TPSA) is 117 Å². The predicted molar refractivity (Wildman–Crippen MR) is 130 cm³/mol. The van der Waals surface area contributed by atoms with Crippen molar-refractivity contribution in [2.24, 2.45) is 11.3 Å². The number of hydrogen-bond donors (Lipinski definition) is 4. The molecule has 0 bridgehead atoms. The van der Waals surface area contributed by atoms with Crippen LogP contribution in [-0.2, 0) is 20.9 Å². The van der Waals surface area contributed by atoms with E-state index >= 15 is 0 Å². The molecule has 184 valence electrons. The molecule has 5 N–H and O–H groups in total. The van der Waals surface area contributed by atoms with Gasteiger partial charge in [0.1, 0.15) is 6.04 Å². The van der Waals surface area contributed by atoms with E-state index in [1.54, 1.807) is 4.90 Å². The number of nitrogens with zero attached hydrogens (tertiary/aromatic N) is 1. The molecule has 0 radical (unpaired) electrons. The number of aliphatic hydroxyl groups is 1. The summed E-state index contributed by atoms with van der Waals surface area (Å²) < 4.78 is 5.35. The first-order valence-electron chi connectivity index (χ1n) is 11.6. The molecule has 2 amide bonds. The molecule has 2 aliphatic heterocycles. The van der Waals surface area contributed by atoms with Crippen LogP contribution in [0.2, 0.25) is 0 Å². The Morgan fingerprint density at radius 1 is 1.33 bits per heavy atom. The van der Waals surface area contributed by atoms with Crippen LogP contribution in [0.5, 0.6) is 0 Å². The zero-order chi connectivity index (χ0) is 24.7. The number of hydrogen-bond acceptors (Lipinski definition) is 6. The van der Waals surface area contributed by atoms with Gasteiger partial charge in [-0.3, -0.25) is 15.4 Å². The monoisotopic (exact) mass is 460 g/mol. The average Bonchev–Trinajstić information content (AvgIpc) is 3.28. The maximum Gasteiger partial charge on any atom is 0.241 e. The summed E-state index contributed by atoms with van der Waals surface area (Å²) in [5.74, 6) is 11.4. The highest BCUT2D eigenvalue weighted by Gasteiger charge is 2.42. The Bertz CT molecular complexity index is 767. The number of nitrogens with two attached hydrogens (primary N) is 1. The van der Waals surface area contributed by atoms with Gasteiger partial charge in [0.25, 0.3) is 0 Å². The maximum absolute atomic E-state index is 12.5. The lowest BCUT2D eigenvalue weighted by Gasteiger charge is -2.40. The van der Waals surface area contributed by atoms with Crippen LogP contribution in [0.15, 0.2) is 24.3 Å². The Balaban J connectivity index is 0.000000322.